The summed E-state index contributed by atoms with van der Waals surface area (Å²) in [6.45, 7) is 0.0815. The molecule has 1 aromatic carbocycles. The van der Waals surface area contributed by atoms with Crippen LogP contribution in [0.5, 0.6) is 0 Å². The minimum Gasteiger partial charge on any atom is -0.396 e. The predicted molar refractivity (Wildman–Crippen MR) is 79.5 cm³/mol. The zero-order valence-corrected chi connectivity index (χ0v) is 12.2. The van der Waals surface area contributed by atoms with Crippen molar-refractivity contribution in [1.29, 1.82) is 0 Å². The van der Waals surface area contributed by atoms with Gasteiger partial charge in [0, 0.05) is 10.8 Å². The molecule has 1 saturated carbocycles. The molecule has 0 amide bonds. The number of nitrogens with two attached hydrogens (primary N) is 1. The van der Waals surface area contributed by atoms with E-state index in [1.165, 1.54) is 11.8 Å². The van der Waals surface area contributed by atoms with E-state index in [2.05, 4.69) is 0 Å². The van der Waals surface area contributed by atoms with E-state index in [-0.39, 0.29) is 17.6 Å². The summed E-state index contributed by atoms with van der Waals surface area (Å²) in [4.78, 5) is 12.6. The largest absolute Gasteiger partial charge is 0.396 e. The predicted octanol–water partition coefficient (Wildman–Crippen LogP) is 2.34. The van der Waals surface area contributed by atoms with Crippen LogP contribution in [0.2, 0.25) is 5.02 Å². The summed E-state index contributed by atoms with van der Waals surface area (Å²) in [7, 11) is 0. The van der Waals surface area contributed by atoms with E-state index in [1.54, 1.807) is 6.07 Å². The smallest absolute Gasteiger partial charge is 0.170 e. The number of ketones is 1. The van der Waals surface area contributed by atoms with Crippen molar-refractivity contribution >= 4 is 29.1 Å². The van der Waals surface area contributed by atoms with Crippen LogP contribution >= 0.6 is 23.4 Å². The van der Waals surface area contributed by atoms with Crippen molar-refractivity contribution in [1.82, 2.24) is 0 Å². The molecule has 1 aliphatic carbocycles. The summed E-state index contributed by atoms with van der Waals surface area (Å²) in [6, 6.07) is 7.29. The number of carbonyl (C=O) groups excluding carboxylic acids is 1. The second-order valence-electron chi connectivity index (χ2n) is 4.79. The lowest BCUT2D eigenvalue weighted by Gasteiger charge is -2.37. The topological polar surface area (TPSA) is 63.3 Å². The fraction of sp³-hybridized carbons (Fsp3) is 0.500. The standard InChI is InChI=1S/C14H18ClNO2S/c15-11-5-2-1-4-10(11)14(16)7-3-6-12(13(14)18)19-9-8-17/h1-2,4-5,12,17H,3,6-9,16H2. The van der Waals surface area contributed by atoms with Crippen molar-refractivity contribution in [3.8, 4) is 0 Å². The summed E-state index contributed by atoms with van der Waals surface area (Å²) in [6.07, 6.45) is 2.36. The lowest BCUT2D eigenvalue weighted by Crippen LogP contribution is -2.52. The molecule has 0 spiro atoms. The molecule has 2 atom stereocenters. The summed E-state index contributed by atoms with van der Waals surface area (Å²) in [5.41, 5.74) is 6.11. The minimum atomic E-state index is -0.982. The number of hydrogen-bond donors (Lipinski definition) is 2. The first-order chi connectivity index (χ1) is 9.09. The number of aliphatic hydroxyl groups excluding tert-OH is 1. The molecule has 1 aliphatic rings. The first-order valence-electron chi connectivity index (χ1n) is 6.40. The van der Waals surface area contributed by atoms with Crippen LogP contribution in [-0.2, 0) is 10.3 Å². The number of aliphatic hydroxyl groups is 1. The molecule has 1 fully saturated rings. The van der Waals surface area contributed by atoms with Gasteiger partial charge < -0.3 is 10.8 Å². The van der Waals surface area contributed by atoms with Crippen molar-refractivity contribution in [3.05, 3.63) is 34.9 Å². The van der Waals surface area contributed by atoms with Gasteiger partial charge in [-0.3, -0.25) is 4.79 Å². The molecular formula is C14H18ClNO2S. The summed E-state index contributed by atoms with van der Waals surface area (Å²) >= 11 is 7.67. The molecule has 1 aromatic rings. The van der Waals surface area contributed by atoms with Gasteiger partial charge in [-0.15, -0.1) is 11.8 Å². The van der Waals surface area contributed by atoms with E-state index in [0.29, 0.717) is 17.2 Å². The molecule has 0 bridgehead atoms. The van der Waals surface area contributed by atoms with E-state index in [0.717, 1.165) is 18.4 Å². The van der Waals surface area contributed by atoms with Gasteiger partial charge in [0.25, 0.3) is 0 Å². The van der Waals surface area contributed by atoms with Gasteiger partial charge in [-0.05, 0) is 30.9 Å². The lowest BCUT2D eigenvalue weighted by molar-refractivity contribution is -0.125. The molecule has 0 heterocycles. The third kappa shape index (κ3) is 2.97. The third-order valence-electron chi connectivity index (χ3n) is 3.53. The van der Waals surface area contributed by atoms with Crippen LogP contribution in [0.3, 0.4) is 0 Å². The molecule has 5 heteroatoms. The lowest BCUT2D eigenvalue weighted by atomic mass is 9.76. The highest BCUT2D eigenvalue weighted by atomic mass is 35.5. The first-order valence-corrected chi connectivity index (χ1v) is 7.83. The Morgan fingerprint density at radius 1 is 1.47 bits per heavy atom. The zero-order valence-electron chi connectivity index (χ0n) is 10.6. The van der Waals surface area contributed by atoms with Crippen molar-refractivity contribution in [2.45, 2.75) is 30.1 Å². The van der Waals surface area contributed by atoms with E-state index >= 15 is 0 Å². The average Bonchev–Trinajstić information content (AvgIpc) is 2.41. The maximum atomic E-state index is 12.6. The van der Waals surface area contributed by atoms with Crippen LogP contribution in [0.4, 0.5) is 0 Å². The van der Waals surface area contributed by atoms with E-state index < -0.39 is 5.54 Å². The second kappa shape index (κ2) is 6.27. The molecular weight excluding hydrogens is 282 g/mol. The Kier molecular flexibility index (Phi) is 4.90. The summed E-state index contributed by atoms with van der Waals surface area (Å²) in [5, 5.41) is 9.30. The van der Waals surface area contributed by atoms with Gasteiger partial charge in [0.1, 0.15) is 5.54 Å². The van der Waals surface area contributed by atoms with Gasteiger partial charge in [-0.1, -0.05) is 29.8 Å². The quantitative estimate of drug-likeness (QED) is 0.896. The van der Waals surface area contributed by atoms with Crippen molar-refractivity contribution in [3.63, 3.8) is 0 Å². The maximum Gasteiger partial charge on any atom is 0.170 e. The molecule has 3 nitrogen and oxygen atoms in total. The molecule has 19 heavy (non-hydrogen) atoms. The van der Waals surface area contributed by atoms with Crippen molar-refractivity contribution in [2.24, 2.45) is 5.73 Å². The van der Waals surface area contributed by atoms with Crippen molar-refractivity contribution in [2.75, 3.05) is 12.4 Å². The monoisotopic (exact) mass is 299 g/mol. The molecule has 104 valence electrons. The highest BCUT2D eigenvalue weighted by Gasteiger charge is 2.43. The Morgan fingerprint density at radius 2 is 2.21 bits per heavy atom. The van der Waals surface area contributed by atoms with Gasteiger partial charge in [-0.25, -0.2) is 0 Å². The van der Waals surface area contributed by atoms with Crippen LogP contribution in [0.1, 0.15) is 24.8 Å². The number of benzene rings is 1. The zero-order chi connectivity index (χ0) is 13.9. The Balaban J connectivity index is 2.27. The summed E-state index contributed by atoms with van der Waals surface area (Å²) in [5.74, 6) is 0.597. The van der Waals surface area contributed by atoms with E-state index in [9.17, 15) is 4.79 Å². The van der Waals surface area contributed by atoms with Crippen LogP contribution in [-0.4, -0.2) is 28.5 Å². The number of rotatable bonds is 4. The maximum absolute atomic E-state index is 12.6. The number of thioether (sulfide) groups is 1. The number of halogens is 1. The molecule has 0 saturated heterocycles. The molecule has 0 radical (unpaired) electrons. The van der Waals surface area contributed by atoms with Gasteiger partial charge in [0.15, 0.2) is 5.78 Å². The average molecular weight is 300 g/mol. The van der Waals surface area contributed by atoms with Crippen LogP contribution in [0.25, 0.3) is 0 Å². The Labute approximate surface area is 122 Å². The number of hydrogen-bond acceptors (Lipinski definition) is 4. The van der Waals surface area contributed by atoms with E-state index in [1.807, 2.05) is 18.2 Å². The molecule has 2 rings (SSSR count). The Hall–Kier alpha value is -0.550. The van der Waals surface area contributed by atoms with Gasteiger partial charge >= 0.3 is 0 Å². The fourth-order valence-corrected chi connectivity index (χ4v) is 3.94. The van der Waals surface area contributed by atoms with Gasteiger partial charge in [0.05, 0.1) is 11.9 Å². The number of carbonyl (C=O) groups is 1. The highest BCUT2D eigenvalue weighted by molar-refractivity contribution is 8.00. The molecule has 2 unspecified atom stereocenters. The summed E-state index contributed by atoms with van der Waals surface area (Å²) < 4.78 is 0. The van der Waals surface area contributed by atoms with E-state index in [4.69, 9.17) is 22.4 Å². The van der Waals surface area contributed by atoms with Gasteiger partial charge in [-0.2, -0.15) is 0 Å². The molecule has 0 aromatic heterocycles. The molecule has 0 aliphatic heterocycles. The van der Waals surface area contributed by atoms with Crippen LogP contribution in [0.15, 0.2) is 24.3 Å². The second-order valence-corrected chi connectivity index (χ2v) is 6.51. The fourth-order valence-electron chi connectivity index (χ4n) is 2.55. The SMILES string of the molecule is NC1(c2ccccc2Cl)CCCC(SCCO)C1=O. The minimum absolute atomic E-state index is 0.0327. The molecule has 3 N–H and O–H groups in total. The van der Waals surface area contributed by atoms with Gasteiger partial charge in [0.2, 0.25) is 0 Å². The van der Waals surface area contributed by atoms with Crippen LogP contribution < -0.4 is 5.73 Å². The normalized spacial score (nSPS) is 27.5. The van der Waals surface area contributed by atoms with Crippen molar-refractivity contribution < 1.29 is 9.90 Å². The third-order valence-corrected chi connectivity index (χ3v) is 5.13. The Morgan fingerprint density at radius 3 is 2.89 bits per heavy atom. The Bertz CT molecular complexity index is 469. The number of Topliss-reactive ketones (excluding diaryl/α,β-unsaturated/α-hetero) is 1. The highest BCUT2D eigenvalue weighted by Crippen LogP contribution is 2.39. The first kappa shape index (κ1) is 14.9. The van der Waals surface area contributed by atoms with Crippen LogP contribution in [0, 0.1) is 0 Å².